The van der Waals surface area contributed by atoms with Crippen molar-refractivity contribution >= 4 is 35.1 Å². The molecule has 1 unspecified atom stereocenters. The predicted octanol–water partition coefficient (Wildman–Crippen LogP) is 2.97. The fraction of sp³-hybridized carbons (Fsp3) is 0.333. The normalized spacial score (nSPS) is 12.0. The Hall–Kier alpha value is -1.33. The fourth-order valence-corrected chi connectivity index (χ4v) is 1.79. The maximum atomic E-state index is 13.2. The summed E-state index contributed by atoms with van der Waals surface area (Å²) in [5.74, 6) is -2.82. The lowest BCUT2D eigenvalue weighted by Gasteiger charge is -2.09. The molecule has 19 heavy (non-hydrogen) atoms. The molecule has 4 nitrogen and oxygen atoms in total. The van der Waals surface area contributed by atoms with E-state index in [2.05, 4.69) is 5.32 Å². The van der Waals surface area contributed by atoms with Crippen LogP contribution in [0.3, 0.4) is 0 Å². The van der Waals surface area contributed by atoms with Crippen molar-refractivity contribution in [3.63, 3.8) is 0 Å². The molecule has 0 heterocycles. The van der Waals surface area contributed by atoms with Gasteiger partial charge in [-0.05, 0) is 18.6 Å². The second-order valence-corrected chi connectivity index (χ2v) is 4.84. The van der Waals surface area contributed by atoms with Crippen LogP contribution in [0.25, 0.3) is 0 Å². The van der Waals surface area contributed by atoms with Crippen molar-refractivity contribution in [2.45, 2.75) is 13.3 Å². The van der Waals surface area contributed by atoms with Crippen molar-refractivity contribution in [2.24, 2.45) is 5.92 Å². The number of halogens is 3. The smallest absolute Gasteiger partial charge is 0.306 e. The summed E-state index contributed by atoms with van der Waals surface area (Å²) in [5.41, 5.74) is -0.0356. The number of hydrogen-bond donors (Lipinski definition) is 2. The highest BCUT2D eigenvalue weighted by Crippen LogP contribution is 2.24. The van der Waals surface area contributed by atoms with Crippen molar-refractivity contribution in [3.8, 4) is 0 Å². The molecule has 7 heteroatoms. The first kappa shape index (κ1) is 15.7. The van der Waals surface area contributed by atoms with Gasteiger partial charge in [-0.1, -0.05) is 30.1 Å². The minimum absolute atomic E-state index is 0.0356. The number of hydrogen-bond acceptors (Lipinski definition) is 2. The molecule has 1 atom stereocenters. The van der Waals surface area contributed by atoms with Crippen LogP contribution in [0.15, 0.2) is 12.1 Å². The summed E-state index contributed by atoms with van der Waals surface area (Å²) in [7, 11) is 0. The number of benzene rings is 1. The third-order valence-corrected chi connectivity index (χ3v) is 3.14. The topological polar surface area (TPSA) is 66.4 Å². The van der Waals surface area contributed by atoms with Crippen LogP contribution in [-0.2, 0) is 4.79 Å². The zero-order valence-corrected chi connectivity index (χ0v) is 11.6. The first-order valence-electron chi connectivity index (χ1n) is 5.48. The summed E-state index contributed by atoms with van der Waals surface area (Å²) in [5, 5.41) is 11.0. The molecule has 0 aliphatic rings. The lowest BCUT2D eigenvalue weighted by atomic mass is 10.1. The number of nitrogens with one attached hydrogen (secondary N) is 1. The van der Waals surface area contributed by atoms with Crippen LogP contribution in [0.2, 0.25) is 10.0 Å². The number of carbonyl (C=O) groups excluding carboxylic acids is 1. The van der Waals surface area contributed by atoms with Gasteiger partial charge in [0.25, 0.3) is 5.91 Å². The molecule has 0 fully saturated rings. The highest BCUT2D eigenvalue weighted by Gasteiger charge is 2.15. The van der Waals surface area contributed by atoms with Crippen LogP contribution in [0.1, 0.15) is 23.7 Å². The lowest BCUT2D eigenvalue weighted by Crippen LogP contribution is -2.27. The van der Waals surface area contributed by atoms with Gasteiger partial charge in [0.2, 0.25) is 0 Å². The molecular formula is C12H12Cl2FNO3. The van der Waals surface area contributed by atoms with Gasteiger partial charge in [0, 0.05) is 6.54 Å². The minimum Gasteiger partial charge on any atom is -0.481 e. The molecule has 0 aromatic heterocycles. The fourth-order valence-electron chi connectivity index (χ4n) is 1.32. The molecule has 0 saturated carbocycles. The van der Waals surface area contributed by atoms with Crippen molar-refractivity contribution in [1.82, 2.24) is 5.32 Å². The van der Waals surface area contributed by atoms with Crippen LogP contribution in [0, 0.1) is 11.7 Å². The number of carbonyl (C=O) groups is 2. The van der Waals surface area contributed by atoms with Gasteiger partial charge in [0.05, 0.1) is 21.5 Å². The van der Waals surface area contributed by atoms with Crippen LogP contribution < -0.4 is 5.32 Å². The third kappa shape index (κ3) is 4.36. The molecule has 1 aromatic rings. The maximum absolute atomic E-state index is 13.2. The largest absolute Gasteiger partial charge is 0.481 e. The van der Waals surface area contributed by atoms with Crippen LogP contribution in [0.5, 0.6) is 0 Å². The van der Waals surface area contributed by atoms with Crippen molar-refractivity contribution in [1.29, 1.82) is 0 Å². The monoisotopic (exact) mass is 307 g/mol. The van der Waals surface area contributed by atoms with Gasteiger partial charge in [0.1, 0.15) is 5.82 Å². The molecule has 104 valence electrons. The Bertz CT molecular complexity index is 508. The van der Waals surface area contributed by atoms with E-state index in [1.807, 2.05) is 0 Å². The van der Waals surface area contributed by atoms with Crippen LogP contribution >= 0.6 is 23.2 Å². The van der Waals surface area contributed by atoms with Gasteiger partial charge in [0.15, 0.2) is 0 Å². The zero-order valence-electron chi connectivity index (χ0n) is 10.0. The number of aliphatic carboxylic acids is 1. The second kappa shape index (κ2) is 6.73. The summed E-state index contributed by atoms with van der Waals surface area (Å²) in [6.45, 7) is 1.69. The van der Waals surface area contributed by atoms with Crippen molar-refractivity contribution in [3.05, 3.63) is 33.6 Å². The highest BCUT2D eigenvalue weighted by atomic mass is 35.5. The van der Waals surface area contributed by atoms with E-state index in [1.54, 1.807) is 0 Å². The van der Waals surface area contributed by atoms with Gasteiger partial charge in [-0.2, -0.15) is 0 Å². The first-order chi connectivity index (χ1) is 8.82. The number of carboxylic acid groups (broad SMARTS) is 1. The Morgan fingerprint density at radius 2 is 2.00 bits per heavy atom. The zero-order chi connectivity index (χ0) is 14.6. The standard InChI is InChI=1S/C12H12Cl2FNO3/c1-6(12(18)19)2-3-16-11(17)7-4-10(15)9(14)5-8(7)13/h4-6H,2-3H2,1H3,(H,16,17)(H,18,19). The average Bonchev–Trinajstić information content (AvgIpc) is 2.33. The van der Waals surface area contributed by atoms with Gasteiger partial charge in [-0.15, -0.1) is 0 Å². The minimum atomic E-state index is -0.940. The highest BCUT2D eigenvalue weighted by molar-refractivity contribution is 6.36. The Balaban J connectivity index is 2.64. The number of rotatable bonds is 5. The average molecular weight is 308 g/mol. The molecule has 1 amide bonds. The number of carboxylic acids is 1. The Labute approximate surface area is 119 Å². The van der Waals surface area contributed by atoms with E-state index in [0.717, 1.165) is 12.1 Å². The molecule has 1 aromatic carbocycles. The van der Waals surface area contributed by atoms with E-state index in [9.17, 15) is 14.0 Å². The number of amides is 1. The molecule has 0 bridgehead atoms. The Kier molecular flexibility index (Phi) is 5.57. The van der Waals surface area contributed by atoms with E-state index >= 15 is 0 Å². The molecule has 0 aliphatic heterocycles. The second-order valence-electron chi connectivity index (χ2n) is 4.03. The SMILES string of the molecule is CC(CCNC(=O)c1cc(F)c(Cl)cc1Cl)C(=O)O. The molecule has 2 N–H and O–H groups in total. The van der Waals surface area contributed by atoms with E-state index in [0.29, 0.717) is 0 Å². The van der Waals surface area contributed by atoms with Crippen LogP contribution in [-0.4, -0.2) is 23.5 Å². The van der Waals surface area contributed by atoms with Crippen molar-refractivity contribution < 1.29 is 19.1 Å². The summed E-state index contributed by atoms with van der Waals surface area (Å²) >= 11 is 11.3. The molecule has 1 rings (SSSR count). The summed E-state index contributed by atoms with van der Waals surface area (Å²) in [6.07, 6.45) is 0.273. The van der Waals surface area contributed by atoms with Gasteiger partial charge >= 0.3 is 5.97 Å². The quantitative estimate of drug-likeness (QED) is 0.822. The van der Waals surface area contributed by atoms with Gasteiger partial charge in [-0.25, -0.2) is 4.39 Å². The molecular weight excluding hydrogens is 296 g/mol. The summed E-state index contributed by atoms with van der Waals surface area (Å²) in [6, 6.07) is 2.09. The summed E-state index contributed by atoms with van der Waals surface area (Å²) in [4.78, 5) is 22.3. The first-order valence-corrected chi connectivity index (χ1v) is 6.24. The van der Waals surface area contributed by atoms with E-state index in [-0.39, 0.29) is 28.6 Å². The molecule has 0 aliphatic carbocycles. The van der Waals surface area contributed by atoms with Gasteiger partial charge in [-0.3, -0.25) is 9.59 Å². The third-order valence-electron chi connectivity index (χ3n) is 2.54. The lowest BCUT2D eigenvalue weighted by molar-refractivity contribution is -0.141. The van der Waals surface area contributed by atoms with E-state index in [1.165, 1.54) is 6.92 Å². The van der Waals surface area contributed by atoms with Gasteiger partial charge < -0.3 is 10.4 Å². The molecule has 0 saturated heterocycles. The summed E-state index contributed by atoms with van der Waals surface area (Å²) < 4.78 is 13.2. The van der Waals surface area contributed by atoms with E-state index < -0.39 is 23.6 Å². The Morgan fingerprint density at radius 3 is 2.58 bits per heavy atom. The van der Waals surface area contributed by atoms with Crippen LogP contribution in [0.4, 0.5) is 4.39 Å². The predicted molar refractivity (Wildman–Crippen MR) is 70.2 cm³/mol. The molecule has 0 radical (unpaired) electrons. The Morgan fingerprint density at radius 1 is 1.37 bits per heavy atom. The van der Waals surface area contributed by atoms with E-state index in [4.69, 9.17) is 28.3 Å². The maximum Gasteiger partial charge on any atom is 0.306 e. The molecule has 0 spiro atoms. The van der Waals surface area contributed by atoms with Crippen molar-refractivity contribution in [2.75, 3.05) is 6.54 Å².